The fourth-order valence-electron chi connectivity index (χ4n) is 2.25. The highest BCUT2D eigenvalue weighted by Crippen LogP contribution is 2.23. The first-order valence-electron chi connectivity index (χ1n) is 6.55. The summed E-state index contributed by atoms with van der Waals surface area (Å²) in [6, 6.07) is 5.99. The lowest BCUT2D eigenvalue weighted by atomic mass is 10.2. The van der Waals surface area contributed by atoms with Crippen LogP contribution in [-0.4, -0.2) is 28.0 Å². The second kappa shape index (κ2) is 5.60. The highest BCUT2D eigenvalue weighted by Gasteiger charge is 2.15. The maximum atomic E-state index is 5.87. The Balaban J connectivity index is 1.78. The Labute approximate surface area is 121 Å². The van der Waals surface area contributed by atoms with E-state index < -0.39 is 0 Å². The van der Waals surface area contributed by atoms with E-state index in [1.54, 1.807) is 11.3 Å². The van der Waals surface area contributed by atoms with Crippen molar-refractivity contribution in [3.8, 4) is 0 Å². The standard InChI is InChI=1S/C14H17N5S/c1-18(7-5-11-4-2-3-6-16-11)13-12(10-15)19-8-9-20-14(19)17-13/h2-4,6,8-9H,5,7,10,15H2,1H3. The van der Waals surface area contributed by atoms with Crippen molar-refractivity contribution in [1.29, 1.82) is 0 Å². The van der Waals surface area contributed by atoms with E-state index in [2.05, 4.69) is 26.3 Å². The minimum absolute atomic E-state index is 0.487. The SMILES string of the molecule is CN(CCc1ccccn1)c1nc2sccn2c1CN. The molecule has 3 aromatic heterocycles. The average Bonchev–Trinajstić information content (AvgIpc) is 3.06. The molecule has 2 N–H and O–H groups in total. The van der Waals surface area contributed by atoms with Crippen molar-refractivity contribution in [2.45, 2.75) is 13.0 Å². The fourth-order valence-corrected chi connectivity index (χ4v) is 2.98. The molecule has 104 valence electrons. The van der Waals surface area contributed by atoms with Crippen molar-refractivity contribution in [3.63, 3.8) is 0 Å². The summed E-state index contributed by atoms with van der Waals surface area (Å²) in [5.41, 5.74) is 8.02. The molecule has 0 amide bonds. The molecule has 0 saturated carbocycles. The molecule has 0 radical (unpaired) electrons. The lowest BCUT2D eigenvalue weighted by Gasteiger charge is -2.17. The van der Waals surface area contributed by atoms with Gasteiger partial charge in [-0.3, -0.25) is 9.38 Å². The van der Waals surface area contributed by atoms with Crippen LogP contribution < -0.4 is 10.6 Å². The van der Waals surface area contributed by atoms with Crippen LogP contribution in [0.4, 0.5) is 5.82 Å². The summed E-state index contributed by atoms with van der Waals surface area (Å²) >= 11 is 1.63. The van der Waals surface area contributed by atoms with Crippen LogP contribution in [0.15, 0.2) is 36.0 Å². The predicted molar refractivity (Wildman–Crippen MR) is 82.2 cm³/mol. The molecule has 0 unspecified atom stereocenters. The number of aromatic nitrogens is 3. The van der Waals surface area contributed by atoms with Gasteiger partial charge in [-0.05, 0) is 12.1 Å². The Kier molecular flexibility index (Phi) is 3.66. The molecule has 0 aliphatic rings. The number of hydrogen-bond donors (Lipinski definition) is 1. The first-order valence-corrected chi connectivity index (χ1v) is 7.43. The molecule has 0 bridgehead atoms. The number of imidazole rings is 1. The van der Waals surface area contributed by atoms with Crippen molar-refractivity contribution in [2.24, 2.45) is 5.73 Å². The van der Waals surface area contributed by atoms with Crippen LogP contribution in [0, 0.1) is 0 Å². The Bertz CT molecular complexity index is 688. The summed E-state index contributed by atoms with van der Waals surface area (Å²) in [6.07, 6.45) is 4.74. The number of anilines is 1. The highest BCUT2D eigenvalue weighted by atomic mass is 32.1. The van der Waals surface area contributed by atoms with Crippen molar-refractivity contribution >= 4 is 22.1 Å². The molecule has 5 nitrogen and oxygen atoms in total. The van der Waals surface area contributed by atoms with E-state index in [4.69, 9.17) is 5.73 Å². The van der Waals surface area contributed by atoms with Crippen LogP contribution in [0.1, 0.15) is 11.4 Å². The van der Waals surface area contributed by atoms with Crippen molar-refractivity contribution in [3.05, 3.63) is 47.4 Å². The molecule has 6 heteroatoms. The smallest absolute Gasteiger partial charge is 0.195 e. The van der Waals surface area contributed by atoms with E-state index in [-0.39, 0.29) is 0 Å². The topological polar surface area (TPSA) is 59.5 Å². The summed E-state index contributed by atoms with van der Waals surface area (Å²) in [6.45, 7) is 1.36. The molecule has 0 atom stereocenters. The van der Waals surface area contributed by atoms with Gasteiger partial charge in [-0.1, -0.05) is 6.07 Å². The second-order valence-electron chi connectivity index (χ2n) is 4.63. The van der Waals surface area contributed by atoms with Crippen molar-refractivity contribution in [1.82, 2.24) is 14.4 Å². The molecule has 20 heavy (non-hydrogen) atoms. The molecule has 3 rings (SSSR count). The van der Waals surface area contributed by atoms with Gasteiger partial charge in [-0.25, -0.2) is 4.98 Å². The third kappa shape index (κ3) is 2.39. The van der Waals surface area contributed by atoms with E-state index in [0.29, 0.717) is 6.54 Å². The number of thiazole rings is 1. The minimum atomic E-state index is 0.487. The van der Waals surface area contributed by atoms with Gasteiger partial charge < -0.3 is 10.6 Å². The van der Waals surface area contributed by atoms with Crippen molar-refractivity contribution < 1.29 is 0 Å². The summed E-state index contributed by atoms with van der Waals surface area (Å²) in [4.78, 5) is 12.1. The molecular formula is C14H17N5S. The molecule has 0 aliphatic carbocycles. The Hall–Kier alpha value is -1.92. The lowest BCUT2D eigenvalue weighted by Crippen LogP contribution is -2.23. The van der Waals surface area contributed by atoms with Crippen LogP contribution in [0.3, 0.4) is 0 Å². The predicted octanol–water partition coefficient (Wildman–Crippen LogP) is 1.93. The molecule has 0 fully saturated rings. The maximum absolute atomic E-state index is 5.87. The number of pyridine rings is 1. The van der Waals surface area contributed by atoms with Crippen LogP contribution in [0.5, 0.6) is 0 Å². The van der Waals surface area contributed by atoms with Crippen LogP contribution in [0.2, 0.25) is 0 Å². The van der Waals surface area contributed by atoms with Gasteiger partial charge in [0.1, 0.15) is 0 Å². The normalized spacial score (nSPS) is 11.1. The van der Waals surface area contributed by atoms with Gasteiger partial charge in [-0.15, -0.1) is 11.3 Å². The molecule has 0 aliphatic heterocycles. The first kappa shape index (κ1) is 13.1. The first-order chi connectivity index (χ1) is 9.79. The second-order valence-corrected chi connectivity index (χ2v) is 5.51. The van der Waals surface area contributed by atoms with E-state index in [1.807, 2.05) is 36.0 Å². The fraction of sp³-hybridized carbons (Fsp3) is 0.286. The minimum Gasteiger partial charge on any atom is -0.358 e. The number of likely N-dealkylation sites (N-methyl/N-ethyl adjacent to an activating group) is 1. The Morgan fingerprint density at radius 2 is 2.30 bits per heavy atom. The molecule has 0 spiro atoms. The number of nitrogens with zero attached hydrogens (tertiary/aromatic N) is 4. The van der Waals surface area contributed by atoms with E-state index in [1.165, 1.54) is 0 Å². The molecule has 0 saturated heterocycles. The number of rotatable bonds is 5. The molecule has 3 aromatic rings. The largest absolute Gasteiger partial charge is 0.358 e. The zero-order valence-electron chi connectivity index (χ0n) is 11.4. The number of nitrogens with two attached hydrogens (primary N) is 1. The van der Waals surface area contributed by atoms with Crippen LogP contribution in [-0.2, 0) is 13.0 Å². The number of fused-ring (bicyclic) bond motifs is 1. The Morgan fingerprint density at radius 1 is 1.40 bits per heavy atom. The molecular weight excluding hydrogens is 270 g/mol. The van der Waals surface area contributed by atoms with Crippen LogP contribution >= 0.6 is 11.3 Å². The quantitative estimate of drug-likeness (QED) is 0.779. The van der Waals surface area contributed by atoms with E-state index >= 15 is 0 Å². The molecule has 0 aromatic carbocycles. The van der Waals surface area contributed by atoms with Crippen molar-refractivity contribution in [2.75, 3.05) is 18.5 Å². The van der Waals surface area contributed by atoms with Gasteiger partial charge in [0.2, 0.25) is 0 Å². The number of hydrogen-bond acceptors (Lipinski definition) is 5. The average molecular weight is 287 g/mol. The molecule has 3 heterocycles. The zero-order valence-corrected chi connectivity index (χ0v) is 12.2. The van der Waals surface area contributed by atoms with Gasteiger partial charge in [-0.2, -0.15) is 0 Å². The summed E-state index contributed by atoms with van der Waals surface area (Å²) in [5, 5.41) is 2.03. The Morgan fingerprint density at radius 3 is 3.05 bits per heavy atom. The van der Waals surface area contributed by atoms with Gasteiger partial charge in [0, 0.05) is 50.0 Å². The third-order valence-corrected chi connectivity index (χ3v) is 4.08. The summed E-state index contributed by atoms with van der Waals surface area (Å²) in [7, 11) is 2.05. The monoisotopic (exact) mass is 287 g/mol. The van der Waals surface area contributed by atoms with Gasteiger partial charge in [0.05, 0.1) is 5.69 Å². The summed E-state index contributed by atoms with van der Waals surface area (Å²) in [5.74, 6) is 0.968. The lowest BCUT2D eigenvalue weighted by molar-refractivity contribution is 0.829. The van der Waals surface area contributed by atoms with Gasteiger partial charge in [0.25, 0.3) is 0 Å². The van der Waals surface area contributed by atoms with Crippen LogP contribution in [0.25, 0.3) is 4.96 Å². The maximum Gasteiger partial charge on any atom is 0.195 e. The van der Waals surface area contributed by atoms with Gasteiger partial charge in [0.15, 0.2) is 10.8 Å². The van der Waals surface area contributed by atoms with E-state index in [0.717, 1.165) is 35.1 Å². The van der Waals surface area contributed by atoms with Gasteiger partial charge >= 0.3 is 0 Å². The zero-order chi connectivity index (χ0) is 13.9. The van der Waals surface area contributed by atoms with E-state index in [9.17, 15) is 0 Å². The highest BCUT2D eigenvalue weighted by molar-refractivity contribution is 7.15. The summed E-state index contributed by atoms with van der Waals surface area (Å²) < 4.78 is 2.07. The third-order valence-electron chi connectivity index (χ3n) is 3.32.